The van der Waals surface area contributed by atoms with E-state index in [4.69, 9.17) is 16.3 Å². The molecule has 4 heteroatoms. The zero-order valence-electron chi connectivity index (χ0n) is 11.8. The number of nitrogens with zero attached hydrogens (tertiary/aromatic N) is 1. The average molecular weight is 291 g/mol. The number of aromatic nitrogens is 1. The normalized spacial score (nSPS) is 10.6. The standard InChI is InChI=1S/C16H19ClN2O/c1-3-8-18-11-13-6-7-14(10-15(13)17)20-16-5-4-9-19-12(16)2/h4-7,9-10,18H,3,8,11H2,1-2H3. The molecule has 20 heavy (non-hydrogen) atoms. The average Bonchev–Trinajstić information content (AvgIpc) is 2.44. The van der Waals surface area contributed by atoms with Crippen LogP contribution in [0.15, 0.2) is 36.5 Å². The number of benzene rings is 1. The first-order valence-corrected chi connectivity index (χ1v) is 7.17. The van der Waals surface area contributed by atoms with Crippen molar-refractivity contribution < 1.29 is 4.74 Å². The van der Waals surface area contributed by atoms with E-state index >= 15 is 0 Å². The van der Waals surface area contributed by atoms with E-state index in [1.54, 1.807) is 6.20 Å². The highest BCUT2D eigenvalue weighted by molar-refractivity contribution is 6.31. The molecule has 0 radical (unpaired) electrons. The molecule has 0 atom stereocenters. The molecule has 0 aliphatic rings. The topological polar surface area (TPSA) is 34.1 Å². The smallest absolute Gasteiger partial charge is 0.148 e. The van der Waals surface area contributed by atoms with Crippen molar-refractivity contribution in [3.8, 4) is 11.5 Å². The van der Waals surface area contributed by atoms with E-state index in [9.17, 15) is 0 Å². The van der Waals surface area contributed by atoms with Crippen LogP contribution in [0.2, 0.25) is 5.02 Å². The summed E-state index contributed by atoms with van der Waals surface area (Å²) in [6.45, 7) is 5.82. The van der Waals surface area contributed by atoms with Crippen molar-refractivity contribution in [2.75, 3.05) is 6.54 Å². The summed E-state index contributed by atoms with van der Waals surface area (Å²) in [5.74, 6) is 1.48. The van der Waals surface area contributed by atoms with Gasteiger partial charge in [0.1, 0.15) is 11.5 Å². The van der Waals surface area contributed by atoms with Gasteiger partial charge in [-0.2, -0.15) is 0 Å². The van der Waals surface area contributed by atoms with E-state index in [1.807, 2.05) is 37.3 Å². The number of hydrogen-bond donors (Lipinski definition) is 1. The lowest BCUT2D eigenvalue weighted by Gasteiger charge is -2.10. The predicted octanol–water partition coefficient (Wildman–Crippen LogP) is 4.34. The molecule has 0 aliphatic heterocycles. The van der Waals surface area contributed by atoms with E-state index in [0.29, 0.717) is 5.02 Å². The van der Waals surface area contributed by atoms with Gasteiger partial charge in [0, 0.05) is 17.8 Å². The molecule has 0 aliphatic carbocycles. The fraction of sp³-hybridized carbons (Fsp3) is 0.312. The minimum absolute atomic E-state index is 0.715. The number of hydrogen-bond acceptors (Lipinski definition) is 3. The van der Waals surface area contributed by atoms with Gasteiger partial charge in [-0.25, -0.2) is 0 Å². The number of rotatable bonds is 6. The maximum atomic E-state index is 6.28. The van der Waals surface area contributed by atoms with Crippen molar-refractivity contribution in [1.29, 1.82) is 0 Å². The molecule has 1 N–H and O–H groups in total. The molecule has 0 saturated heterocycles. The third-order valence-electron chi connectivity index (χ3n) is 2.95. The maximum absolute atomic E-state index is 6.28. The largest absolute Gasteiger partial charge is 0.455 e. The van der Waals surface area contributed by atoms with Crippen molar-refractivity contribution >= 4 is 11.6 Å². The summed E-state index contributed by atoms with van der Waals surface area (Å²) >= 11 is 6.28. The van der Waals surface area contributed by atoms with Crippen LogP contribution in [0.5, 0.6) is 11.5 Å². The molecule has 0 fully saturated rings. The molecular weight excluding hydrogens is 272 g/mol. The minimum Gasteiger partial charge on any atom is -0.455 e. The third-order valence-corrected chi connectivity index (χ3v) is 3.30. The van der Waals surface area contributed by atoms with Gasteiger partial charge >= 0.3 is 0 Å². The van der Waals surface area contributed by atoms with Crippen molar-refractivity contribution in [2.24, 2.45) is 0 Å². The van der Waals surface area contributed by atoms with Gasteiger partial charge in [-0.1, -0.05) is 24.6 Å². The summed E-state index contributed by atoms with van der Waals surface area (Å²) in [5, 5.41) is 4.05. The lowest BCUT2D eigenvalue weighted by Crippen LogP contribution is -2.13. The molecule has 0 bridgehead atoms. The van der Waals surface area contributed by atoms with Gasteiger partial charge in [0.2, 0.25) is 0 Å². The van der Waals surface area contributed by atoms with Gasteiger partial charge in [0.25, 0.3) is 0 Å². The molecule has 0 spiro atoms. The Bertz CT molecular complexity index is 572. The first kappa shape index (κ1) is 14.8. The number of aryl methyl sites for hydroxylation is 1. The SMILES string of the molecule is CCCNCc1ccc(Oc2cccnc2C)cc1Cl. The quantitative estimate of drug-likeness (QED) is 0.804. The summed E-state index contributed by atoms with van der Waals surface area (Å²) in [6, 6.07) is 9.52. The van der Waals surface area contributed by atoms with Crippen LogP contribution in [0.4, 0.5) is 0 Å². The van der Waals surface area contributed by atoms with Crippen LogP contribution in [-0.2, 0) is 6.54 Å². The highest BCUT2D eigenvalue weighted by Gasteiger charge is 2.05. The van der Waals surface area contributed by atoms with E-state index in [-0.39, 0.29) is 0 Å². The Hall–Kier alpha value is -1.58. The van der Waals surface area contributed by atoms with Gasteiger partial charge < -0.3 is 10.1 Å². The van der Waals surface area contributed by atoms with Crippen molar-refractivity contribution in [3.63, 3.8) is 0 Å². The molecule has 1 heterocycles. The second-order valence-corrected chi connectivity index (χ2v) is 5.03. The fourth-order valence-electron chi connectivity index (χ4n) is 1.84. The Balaban J connectivity index is 2.07. The summed E-state index contributed by atoms with van der Waals surface area (Å²) in [4.78, 5) is 4.20. The fourth-order valence-corrected chi connectivity index (χ4v) is 2.08. The monoisotopic (exact) mass is 290 g/mol. The number of nitrogens with one attached hydrogen (secondary N) is 1. The molecule has 106 valence electrons. The first-order chi connectivity index (χ1) is 9.70. The van der Waals surface area contributed by atoms with E-state index in [0.717, 1.165) is 42.3 Å². The summed E-state index contributed by atoms with van der Waals surface area (Å²) in [7, 11) is 0. The molecule has 1 aromatic carbocycles. The lowest BCUT2D eigenvalue weighted by molar-refractivity contribution is 0.475. The van der Waals surface area contributed by atoms with Gasteiger partial charge in [-0.3, -0.25) is 4.98 Å². The molecule has 0 amide bonds. The molecule has 0 saturated carbocycles. The van der Waals surface area contributed by atoms with Crippen LogP contribution >= 0.6 is 11.6 Å². The zero-order valence-corrected chi connectivity index (χ0v) is 12.6. The second kappa shape index (κ2) is 7.27. The summed E-state index contributed by atoms with van der Waals surface area (Å²) in [5.41, 5.74) is 1.94. The van der Waals surface area contributed by atoms with Crippen LogP contribution in [0.25, 0.3) is 0 Å². The second-order valence-electron chi connectivity index (χ2n) is 4.62. The van der Waals surface area contributed by atoms with Crippen molar-refractivity contribution in [2.45, 2.75) is 26.8 Å². The van der Waals surface area contributed by atoms with Crippen LogP contribution in [-0.4, -0.2) is 11.5 Å². The number of ether oxygens (including phenoxy) is 1. The highest BCUT2D eigenvalue weighted by atomic mass is 35.5. The van der Waals surface area contributed by atoms with Gasteiger partial charge in [0.15, 0.2) is 0 Å². The molecular formula is C16H19ClN2O. The Morgan fingerprint density at radius 3 is 2.85 bits per heavy atom. The Kier molecular flexibility index (Phi) is 5.39. The Morgan fingerprint density at radius 1 is 1.30 bits per heavy atom. The minimum atomic E-state index is 0.715. The van der Waals surface area contributed by atoms with Crippen molar-refractivity contribution in [3.05, 3.63) is 52.8 Å². The number of halogens is 1. The summed E-state index contributed by atoms with van der Waals surface area (Å²) in [6.07, 6.45) is 2.86. The van der Waals surface area contributed by atoms with E-state index in [2.05, 4.69) is 17.2 Å². The Morgan fingerprint density at radius 2 is 2.15 bits per heavy atom. The molecule has 2 aromatic rings. The van der Waals surface area contributed by atoms with Crippen molar-refractivity contribution in [1.82, 2.24) is 10.3 Å². The Labute approximate surface area is 124 Å². The maximum Gasteiger partial charge on any atom is 0.148 e. The first-order valence-electron chi connectivity index (χ1n) is 6.79. The van der Waals surface area contributed by atoms with E-state index < -0.39 is 0 Å². The van der Waals surface area contributed by atoms with E-state index in [1.165, 1.54) is 0 Å². The third kappa shape index (κ3) is 3.95. The summed E-state index contributed by atoms with van der Waals surface area (Å²) < 4.78 is 5.80. The molecule has 3 nitrogen and oxygen atoms in total. The predicted molar refractivity (Wildman–Crippen MR) is 82.5 cm³/mol. The molecule has 2 rings (SSSR count). The lowest BCUT2D eigenvalue weighted by atomic mass is 10.2. The zero-order chi connectivity index (χ0) is 14.4. The van der Waals surface area contributed by atoms with Crippen LogP contribution in [0.3, 0.4) is 0 Å². The highest BCUT2D eigenvalue weighted by Crippen LogP contribution is 2.27. The molecule has 0 unspecified atom stereocenters. The van der Waals surface area contributed by atoms with Gasteiger partial charge in [-0.05, 0) is 49.7 Å². The van der Waals surface area contributed by atoms with Crippen LogP contribution in [0.1, 0.15) is 24.6 Å². The molecule has 1 aromatic heterocycles. The van der Waals surface area contributed by atoms with Crippen LogP contribution < -0.4 is 10.1 Å². The number of pyridine rings is 1. The van der Waals surface area contributed by atoms with Gasteiger partial charge in [0.05, 0.1) is 5.69 Å². The van der Waals surface area contributed by atoms with Crippen LogP contribution in [0, 0.1) is 6.92 Å². The van der Waals surface area contributed by atoms with Gasteiger partial charge in [-0.15, -0.1) is 0 Å².